The largest absolute Gasteiger partial charge is 0.352 e. The van der Waals surface area contributed by atoms with E-state index in [1.165, 1.54) is 0 Å². The molecule has 3 heterocycles. The van der Waals surface area contributed by atoms with Crippen LogP contribution in [0, 0.1) is 17.3 Å². The van der Waals surface area contributed by atoms with Crippen LogP contribution in [0.25, 0.3) is 0 Å². The number of amides is 2. The first-order valence-electron chi connectivity index (χ1n) is 13.6. The predicted molar refractivity (Wildman–Crippen MR) is 127 cm³/mol. The van der Waals surface area contributed by atoms with E-state index in [1.807, 2.05) is 4.90 Å². The van der Waals surface area contributed by atoms with Gasteiger partial charge >= 0.3 is 0 Å². The number of halogens is 2. The molecule has 2 saturated carbocycles. The number of likely N-dealkylation sites (tertiary alicyclic amines) is 2. The number of nitrogens with one attached hydrogen (secondary N) is 2. The number of alkyl halides is 2. The van der Waals surface area contributed by atoms with Crippen molar-refractivity contribution >= 4 is 11.8 Å². The summed E-state index contributed by atoms with van der Waals surface area (Å²) in [5.41, 5.74) is 0.232. The van der Waals surface area contributed by atoms with E-state index in [-0.39, 0.29) is 47.3 Å². The molecule has 192 valence electrons. The van der Waals surface area contributed by atoms with Gasteiger partial charge in [-0.2, -0.15) is 0 Å². The molecule has 0 aromatic rings. The van der Waals surface area contributed by atoms with E-state index in [0.29, 0.717) is 31.6 Å². The van der Waals surface area contributed by atoms with Gasteiger partial charge in [0.05, 0.1) is 6.04 Å². The van der Waals surface area contributed by atoms with Crippen molar-refractivity contribution < 1.29 is 18.4 Å². The van der Waals surface area contributed by atoms with Crippen molar-refractivity contribution in [3.8, 4) is 0 Å². The molecule has 3 aliphatic heterocycles. The Morgan fingerprint density at radius 2 is 1.74 bits per heavy atom. The Morgan fingerprint density at radius 1 is 1.00 bits per heavy atom. The minimum absolute atomic E-state index is 0.0720. The second kappa shape index (κ2) is 9.64. The van der Waals surface area contributed by atoms with E-state index in [1.54, 1.807) is 6.92 Å². The van der Waals surface area contributed by atoms with Gasteiger partial charge in [-0.05, 0) is 82.2 Å². The fourth-order valence-corrected chi connectivity index (χ4v) is 7.71. The Labute approximate surface area is 202 Å². The summed E-state index contributed by atoms with van der Waals surface area (Å²) >= 11 is 0. The summed E-state index contributed by atoms with van der Waals surface area (Å²) < 4.78 is 29.2. The summed E-state index contributed by atoms with van der Waals surface area (Å²) in [7, 11) is 0. The molecule has 0 aromatic heterocycles. The highest BCUT2D eigenvalue weighted by molar-refractivity contribution is 5.82. The summed E-state index contributed by atoms with van der Waals surface area (Å²) in [6.07, 6.45) is 5.13. The SMILES string of the molecule is CC(=O)N1CCC2(CCN(C3CC(F)CC(NC(=O)C4CC5C(F)CCC(C)C5N4)C3)CC2)C1. The Kier molecular flexibility index (Phi) is 6.92. The first-order valence-corrected chi connectivity index (χ1v) is 13.6. The molecule has 2 N–H and O–H groups in total. The maximum absolute atomic E-state index is 14.8. The van der Waals surface area contributed by atoms with E-state index in [4.69, 9.17) is 0 Å². The molecule has 2 aliphatic carbocycles. The van der Waals surface area contributed by atoms with Crippen LogP contribution in [-0.2, 0) is 9.59 Å². The quantitative estimate of drug-likeness (QED) is 0.652. The van der Waals surface area contributed by atoms with Gasteiger partial charge in [-0.1, -0.05) is 6.92 Å². The summed E-state index contributed by atoms with van der Waals surface area (Å²) in [4.78, 5) is 29.2. The number of piperidine rings is 1. The third-order valence-electron chi connectivity index (χ3n) is 9.88. The van der Waals surface area contributed by atoms with Gasteiger partial charge in [0.2, 0.25) is 11.8 Å². The highest BCUT2D eigenvalue weighted by Gasteiger charge is 2.47. The average molecular weight is 481 g/mol. The molecular formula is C26H42F2N4O2. The summed E-state index contributed by atoms with van der Waals surface area (Å²) in [5, 5.41) is 6.54. The molecule has 5 aliphatic rings. The molecule has 5 fully saturated rings. The fourth-order valence-electron chi connectivity index (χ4n) is 7.71. The zero-order valence-corrected chi connectivity index (χ0v) is 20.8. The number of nitrogens with zero attached hydrogens (tertiary/aromatic N) is 2. The zero-order valence-electron chi connectivity index (χ0n) is 20.8. The summed E-state index contributed by atoms with van der Waals surface area (Å²) in [6, 6.07) is -0.317. The molecular weight excluding hydrogens is 438 g/mol. The molecule has 6 nitrogen and oxygen atoms in total. The molecule has 8 heteroatoms. The molecule has 0 radical (unpaired) electrons. The number of fused-ring (bicyclic) bond motifs is 1. The van der Waals surface area contributed by atoms with E-state index >= 15 is 0 Å². The van der Waals surface area contributed by atoms with Gasteiger partial charge < -0.3 is 20.4 Å². The van der Waals surface area contributed by atoms with Crippen LogP contribution in [0.3, 0.4) is 0 Å². The maximum Gasteiger partial charge on any atom is 0.237 e. The van der Waals surface area contributed by atoms with Gasteiger partial charge in [-0.15, -0.1) is 0 Å². The highest BCUT2D eigenvalue weighted by Crippen LogP contribution is 2.42. The molecule has 8 unspecified atom stereocenters. The van der Waals surface area contributed by atoms with Crippen LogP contribution in [0.4, 0.5) is 8.78 Å². The first kappa shape index (κ1) is 24.4. The van der Waals surface area contributed by atoms with Crippen molar-refractivity contribution in [2.75, 3.05) is 26.2 Å². The number of rotatable bonds is 3. The third kappa shape index (κ3) is 4.86. The summed E-state index contributed by atoms with van der Waals surface area (Å²) in [5.74, 6) is 0.383. The first-order chi connectivity index (χ1) is 16.2. The Balaban J connectivity index is 1.14. The molecule has 0 bridgehead atoms. The van der Waals surface area contributed by atoms with Crippen molar-refractivity contribution in [2.24, 2.45) is 17.3 Å². The molecule has 0 aromatic carbocycles. The number of hydrogen-bond acceptors (Lipinski definition) is 4. The lowest BCUT2D eigenvalue weighted by Gasteiger charge is -2.45. The van der Waals surface area contributed by atoms with E-state index in [2.05, 4.69) is 22.5 Å². The number of hydrogen-bond donors (Lipinski definition) is 2. The lowest BCUT2D eigenvalue weighted by atomic mass is 9.76. The monoisotopic (exact) mass is 480 g/mol. The van der Waals surface area contributed by atoms with Gasteiger partial charge in [-0.3, -0.25) is 9.59 Å². The normalized spacial score (nSPS) is 42.5. The van der Waals surface area contributed by atoms with E-state index in [9.17, 15) is 18.4 Å². The standard InChI is InChI=1S/C26H42F2N4O2/c1-16-3-4-22(28)21-14-23(30-24(16)21)25(34)29-19-11-18(27)12-20(13-19)31-8-5-26(6-9-31)7-10-32(15-26)17(2)33/h16,18-24,30H,3-15H2,1-2H3,(H,29,34). The van der Waals surface area contributed by atoms with Gasteiger partial charge in [-0.25, -0.2) is 8.78 Å². The molecule has 3 saturated heterocycles. The van der Waals surface area contributed by atoms with Crippen molar-refractivity contribution in [2.45, 2.75) is 108 Å². The Bertz CT molecular complexity index is 756. The van der Waals surface area contributed by atoms with Crippen LogP contribution in [-0.4, -0.2) is 84.3 Å². The lowest BCUT2D eigenvalue weighted by Crippen LogP contribution is -2.54. The van der Waals surface area contributed by atoms with Crippen molar-refractivity contribution in [1.29, 1.82) is 0 Å². The topological polar surface area (TPSA) is 64.7 Å². The molecule has 8 atom stereocenters. The minimum Gasteiger partial charge on any atom is -0.352 e. The van der Waals surface area contributed by atoms with Crippen LogP contribution < -0.4 is 10.6 Å². The van der Waals surface area contributed by atoms with E-state index in [0.717, 1.165) is 58.3 Å². The minimum atomic E-state index is -0.908. The number of carbonyl (C=O) groups is 2. The molecule has 5 rings (SSSR count). The molecule has 34 heavy (non-hydrogen) atoms. The average Bonchev–Trinajstić information content (AvgIpc) is 3.43. The second-order valence-corrected chi connectivity index (χ2v) is 12.1. The van der Waals surface area contributed by atoms with Crippen LogP contribution in [0.1, 0.15) is 71.6 Å². The van der Waals surface area contributed by atoms with Gasteiger partial charge in [0.15, 0.2) is 0 Å². The predicted octanol–water partition coefficient (Wildman–Crippen LogP) is 2.81. The maximum atomic E-state index is 14.8. The lowest BCUT2D eigenvalue weighted by molar-refractivity contribution is -0.128. The fraction of sp³-hybridized carbons (Fsp3) is 0.923. The Morgan fingerprint density at radius 3 is 2.41 bits per heavy atom. The van der Waals surface area contributed by atoms with Crippen LogP contribution in [0.2, 0.25) is 0 Å². The molecule has 1 spiro atoms. The second-order valence-electron chi connectivity index (χ2n) is 12.1. The van der Waals surface area contributed by atoms with Crippen molar-refractivity contribution in [1.82, 2.24) is 20.4 Å². The van der Waals surface area contributed by atoms with Crippen molar-refractivity contribution in [3.63, 3.8) is 0 Å². The smallest absolute Gasteiger partial charge is 0.237 e. The number of carbonyl (C=O) groups excluding carboxylic acids is 2. The van der Waals surface area contributed by atoms with Gasteiger partial charge in [0, 0.05) is 44.1 Å². The Hall–Kier alpha value is -1.28. The summed E-state index contributed by atoms with van der Waals surface area (Å²) in [6.45, 7) is 7.39. The van der Waals surface area contributed by atoms with Gasteiger partial charge in [0.1, 0.15) is 12.3 Å². The van der Waals surface area contributed by atoms with Crippen LogP contribution in [0.15, 0.2) is 0 Å². The van der Waals surface area contributed by atoms with Crippen LogP contribution in [0.5, 0.6) is 0 Å². The van der Waals surface area contributed by atoms with Crippen LogP contribution >= 0.6 is 0 Å². The third-order valence-corrected chi connectivity index (χ3v) is 9.88. The highest BCUT2D eigenvalue weighted by atomic mass is 19.1. The zero-order chi connectivity index (χ0) is 24.0. The molecule has 2 amide bonds. The van der Waals surface area contributed by atoms with E-state index < -0.39 is 12.3 Å². The van der Waals surface area contributed by atoms with Crippen molar-refractivity contribution in [3.05, 3.63) is 0 Å². The van der Waals surface area contributed by atoms with Gasteiger partial charge in [0.25, 0.3) is 0 Å².